The lowest BCUT2D eigenvalue weighted by Gasteiger charge is -2.53. The lowest BCUT2D eigenvalue weighted by Crippen LogP contribution is -2.59. The fourth-order valence-corrected chi connectivity index (χ4v) is 3.94. The number of nitrogens with zero attached hydrogens (tertiary/aromatic N) is 2. The first-order chi connectivity index (χ1) is 8.69. The molecule has 0 aliphatic carbocycles. The summed E-state index contributed by atoms with van der Waals surface area (Å²) >= 11 is 0. The molecule has 0 radical (unpaired) electrons. The van der Waals surface area contributed by atoms with Gasteiger partial charge in [-0.25, -0.2) is 0 Å². The molecule has 0 unspecified atom stereocenters. The van der Waals surface area contributed by atoms with Gasteiger partial charge in [0, 0.05) is 32.1 Å². The highest BCUT2D eigenvalue weighted by molar-refractivity contribution is 5.79. The molecule has 0 atom stereocenters. The summed E-state index contributed by atoms with van der Waals surface area (Å²) in [6.45, 7) is 6.50. The Morgan fingerprint density at radius 2 is 1.78 bits per heavy atom. The van der Waals surface area contributed by atoms with Crippen LogP contribution in [-0.4, -0.2) is 62.0 Å². The Morgan fingerprint density at radius 3 is 2.33 bits per heavy atom. The number of piperidine rings is 2. The third kappa shape index (κ3) is 2.28. The zero-order valence-corrected chi connectivity index (χ0v) is 11.5. The number of amides is 1. The zero-order chi connectivity index (χ0) is 12.6. The van der Waals surface area contributed by atoms with Crippen LogP contribution in [-0.2, 0) is 4.79 Å². The van der Waals surface area contributed by atoms with E-state index in [4.69, 9.17) is 0 Å². The number of carbonyl (C=O) groups is 1. The van der Waals surface area contributed by atoms with Crippen molar-refractivity contribution >= 4 is 5.91 Å². The van der Waals surface area contributed by atoms with Crippen molar-refractivity contribution in [2.45, 2.75) is 25.7 Å². The highest BCUT2D eigenvalue weighted by Crippen LogP contribution is 2.39. The van der Waals surface area contributed by atoms with Gasteiger partial charge >= 0.3 is 0 Å². The lowest BCUT2D eigenvalue weighted by atomic mass is 9.72. The highest BCUT2D eigenvalue weighted by atomic mass is 16.2. The molecule has 0 aromatic carbocycles. The summed E-state index contributed by atoms with van der Waals surface area (Å²) in [5.41, 5.74) is 0.555. The topological polar surface area (TPSA) is 35.6 Å². The van der Waals surface area contributed by atoms with Crippen LogP contribution < -0.4 is 5.32 Å². The van der Waals surface area contributed by atoms with Gasteiger partial charge in [-0.1, -0.05) is 0 Å². The van der Waals surface area contributed by atoms with Gasteiger partial charge in [-0.15, -0.1) is 0 Å². The zero-order valence-electron chi connectivity index (χ0n) is 11.5. The second-order valence-electron chi connectivity index (χ2n) is 6.52. The molecule has 1 spiro atoms. The first kappa shape index (κ1) is 12.4. The van der Waals surface area contributed by atoms with Crippen molar-refractivity contribution in [1.29, 1.82) is 0 Å². The van der Waals surface area contributed by atoms with Gasteiger partial charge in [0.25, 0.3) is 0 Å². The van der Waals surface area contributed by atoms with Gasteiger partial charge in [0.2, 0.25) is 5.91 Å². The monoisotopic (exact) mass is 251 g/mol. The van der Waals surface area contributed by atoms with Crippen LogP contribution in [0.2, 0.25) is 0 Å². The van der Waals surface area contributed by atoms with Crippen LogP contribution in [0.1, 0.15) is 25.7 Å². The molecule has 0 saturated carbocycles. The van der Waals surface area contributed by atoms with Crippen LogP contribution in [0.25, 0.3) is 0 Å². The predicted octanol–water partition coefficient (Wildman–Crippen LogP) is 0.540. The van der Waals surface area contributed by atoms with Gasteiger partial charge < -0.3 is 15.1 Å². The van der Waals surface area contributed by atoms with E-state index in [1.807, 2.05) is 0 Å². The lowest BCUT2D eigenvalue weighted by molar-refractivity contribution is -0.141. The van der Waals surface area contributed by atoms with E-state index >= 15 is 0 Å². The molecule has 102 valence electrons. The molecule has 3 fully saturated rings. The molecular weight excluding hydrogens is 226 g/mol. The van der Waals surface area contributed by atoms with Gasteiger partial charge in [-0.3, -0.25) is 4.79 Å². The third-order valence-corrected chi connectivity index (χ3v) is 5.03. The van der Waals surface area contributed by atoms with E-state index in [2.05, 4.69) is 22.2 Å². The molecule has 3 saturated heterocycles. The average molecular weight is 251 g/mol. The fraction of sp³-hybridized carbons (Fsp3) is 0.929. The minimum Gasteiger partial charge on any atom is -0.342 e. The highest BCUT2D eigenvalue weighted by Gasteiger charge is 2.44. The second-order valence-corrected chi connectivity index (χ2v) is 6.52. The summed E-state index contributed by atoms with van der Waals surface area (Å²) in [6, 6.07) is 0. The Labute approximate surface area is 110 Å². The molecule has 4 nitrogen and oxygen atoms in total. The minimum absolute atomic E-state index is 0.296. The number of likely N-dealkylation sites (tertiary alicyclic amines) is 2. The SMILES string of the molecule is CN1CC2(CCN(C(=O)C3CCNCC3)CC2)C1. The molecule has 3 aliphatic heterocycles. The van der Waals surface area contributed by atoms with Crippen molar-refractivity contribution in [3.05, 3.63) is 0 Å². The van der Waals surface area contributed by atoms with E-state index in [0.717, 1.165) is 39.0 Å². The largest absolute Gasteiger partial charge is 0.342 e. The van der Waals surface area contributed by atoms with E-state index in [-0.39, 0.29) is 0 Å². The smallest absolute Gasteiger partial charge is 0.225 e. The quantitative estimate of drug-likeness (QED) is 0.739. The predicted molar refractivity (Wildman–Crippen MR) is 71.3 cm³/mol. The van der Waals surface area contributed by atoms with Crippen molar-refractivity contribution in [3.63, 3.8) is 0 Å². The maximum absolute atomic E-state index is 12.4. The van der Waals surface area contributed by atoms with E-state index in [1.165, 1.54) is 25.9 Å². The van der Waals surface area contributed by atoms with Crippen molar-refractivity contribution < 1.29 is 4.79 Å². The summed E-state index contributed by atoms with van der Waals surface area (Å²) in [5.74, 6) is 0.725. The fourth-order valence-electron chi connectivity index (χ4n) is 3.94. The standard InChI is InChI=1S/C14H25N3O/c1-16-10-14(11-16)4-8-17(9-5-14)13(18)12-2-6-15-7-3-12/h12,15H,2-11H2,1H3. The van der Waals surface area contributed by atoms with E-state index in [0.29, 0.717) is 17.2 Å². The molecule has 3 rings (SSSR count). The molecule has 4 heteroatoms. The first-order valence-electron chi connectivity index (χ1n) is 7.37. The van der Waals surface area contributed by atoms with Gasteiger partial charge in [-0.2, -0.15) is 0 Å². The molecule has 0 bridgehead atoms. The van der Waals surface area contributed by atoms with Crippen molar-refractivity contribution in [3.8, 4) is 0 Å². The maximum Gasteiger partial charge on any atom is 0.225 e. The molecule has 0 aromatic rings. The van der Waals surface area contributed by atoms with E-state index in [1.54, 1.807) is 0 Å². The Hall–Kier alpha value is -0.610. The second kappa shape index (κ2) is 4.82. The summed E-state index contributed by atoms with van der Waals surface area (Å²) in [4.78, 5) is 17.0. The number of carbonyl (C=O) groups excluding carboxylic acids is 1. The molecular formula is C14H25N3O. The summed E-state index contributed by atoms with van der Waals surface area (Å²) in [5, 5.41) is 3.33. The molecule has 1 N–H and O–H groups in total. The van der Waals surface area contributed by atoms with Gasteiger partial charge in [-0.05, 0) is 51.2 Å². The number of hydrogen-bond donors (Lipinski definition) is 1. The number of hydrogen-bond acceptors (Lipinski definition) is 3. The van der Waals surface area contributed by atoms with Crippen molar-refractivity contribution in [2.75, 3.05) is 46.3 Å². The summed E-state index contributed by atoms with van der Waals surface area (Å²) < 4.78 is 0. The summed E-state index contributed by atoms with van der Waals surface area (Å²) in [6.07, 6.45) is 4.49. The van der Waals surface area contributed by atoms with Crippen LogP contribution in [0.5, 0.6) is 0 Å². The van der Waals surface area contributed by atoms with Gasteiger partial charge in [0.1, 0.15) is 0 Å². The average Bonchev–Trinajstić information content (AvgIpc) is 2.38. The number of nitrogens with one attached hydrogen (secondary N) is 1. The van der Waals surface area contributed by atoms with Crippen LogP contribution in [0.3, 0.4) is 0 Å². The maximum atomic E-state index is 12.4. The Kier molecular flexibility index (Phi) is 3.32. The van der Waals surface area contributed by atoms with Crippen LogP contribution >= 0.6 is 0 Å². The third-order valence-electron chi connectivity index (χ3n) is 5.03. The van der Waals surface area contributed by atoms with Crippen LogP contribution in [0, 0.1) is 11.3 Å². The molecule has 18 heavy (non-hydrogen) atoms. The normalized spacial score (nSPS) is 29.3. The Morgan fingerprint density at radius 1 is 1.17 bits per heavy atom. The van der Waals surface area contributed by atoms with Crippen molar-refractivity contribution in [2.24, 2.45) is 11.3 Å². The molecule has 0 aromatic heterocycles. The van der Waals surface area contributed by atoms with E-state index < -0.39 is 0 Å². The van der Waals surface area contributed by atoms with Crippen molar-refractivity contribution in [1.82, 2.24) is 15.1 Å². The number of rotatable bonds is 1. The Bertz CT molecular complexity index is 309. The first-order valence-corrected chi connectivity index (χ1v) is 7.37. The van der Waals surface area contributed by atoms with E-state index in [9.17, 15) is 4.79 Å². The minimum atomic E-state index is 0.296. The molecule has 3 aliphatic rings. The Balaban J connectivity index is 1.51. The van der Waals surface area contributed by atoms with Crippen LogP contribution in [0.15, 0.2) is 0 Å². The van der Waals surface area contributed by atoms with Gasteiger partial charge in [0.15, 0.2) is 0 Å². The summed E-state index contributed by atoms with van der Waals surface area (Å²) in [7, 11) is 2.19. The molecule has 3 heterocycles. The van der Waals surface area contributed by atoms with Gasteiger partial charge in [0.05, 0.1) is 0 Å². The molecule has 1 amide bonds. The van der Waals surface area contributed by atoms with Crippen LogP contribution in [0.4, 0.5) is 0 Å².